The fourth-order valence-electron chi connectivity index (χ4n) is 2.60. The molecule has 0 aromatic heterocycles. The summed E-state index contributed by atoms with van der Waals surface area (Å²) in [5.74, 6) is 0.570. The number of rotatable bonds is 5. The number of hydrogen-bond acceptors (Lipinski definition) is 2. The van der Waals surface area contributed by atoms with E-state index >= 15 is 0 Å². The average molecular weight is 305 g/mol. The Balaban J connectivity index is 1.69. The van der Waals surface area contributed by atoms with Crippen molar-refractivity contribution in [3.63, 3.8) is 0 Å². The van der Waals surface area contributed by atoms with Crippen LogP contribution in [0.15, 0.2) is 66.7 Å². The Bertz CT molecular complexity index is 821. The molecule has 0 spiro atoms. The quantitative estimate of drug-likeness (QED) is 0.758. The van der Waals surface area contributed by atoms with Crippen molar-refractivity contribution < 1.29 is 9.53 Å². The molecule has 0 unspecified atom stereocenters. The van der Waals surface area contributed by atoms with Gasteiger partial charge in [0.05, 0.1) is 0 Å². The van der Waals surface area contributed by atoms with Gasteiger partial charge in [0.2, 0.25) is 0 Å². The molecule has 0 atom stereocenters. The van der Waals surface area contributed by atoms with Gasteiger partial charge in [-0.2, -0.15) is 0 Å². The van der Waals surface area contributed by atoms with Gasteiger partial charge in [0.1, 0.15) is 5.75 Å². The van der Waals surface area contributed by atoms with Crippen molar-refractivity contribution in [2.75, 3.05) is 11.9 Å². The highest BCUT2D eigenvalue weighted by Crippen LogP contribution is 2.25. The largest absolute Gasteiger partial charge is 0.483 e. The molecule has 0 radical (unpaired) electrons. The maximum Gasteiger partial charge on any atom is 0.262 e. The number of carbonyl (C=O) groups is 1. The maximum absolute atomic E-state index is 12.2. The number of carbonyl (C=O) groups excluding carboxylic acids is 1. The van der Waals surface area contributed by atoms with Gasteiger partial charge in [0, 0.05) is 11.1 Å². The first kappa shape index (κ1) is 15.1. The summed E-state index contributed by atoms with van der Waals surface area (Å²) in [7, 11) is 0. The Morgan fingerprint density at radius 1 is 0.957 bits per heavy atom. The van der Waals surface area contributed by atoms with Crippen LogP contribution in [0, 0.1) is 0 Å². The van der Waals surface area contributed by atoms with E-state index in [1.54, 1.807) is 0 Å². The van der Waals surface area contributed by atoms with Crippen LogP contribution in [0.2, 0.25) is 0 Å². The molecule has 0 aliphatic rings. The smallest absolute Gasteiger partial charge is 0.262 e. The van der Waals surface area contributed by atoms with Crippen molar-refractivity contribution in [3.05, 3.63) is 72.3 Å². The predicted molar refractivity (Wildman–Crippen MR) is 93.9 cm³/mol. The number of amides is 1. The summed E-state index contributed by atoms with van der Waals surface area (Å²) in [4.78, 5) is 12.2. The van der Waals surface area contributed by atoms with Crippen molar-refractivity contribution in [2.24, 2.45) is 0 Å². The van der Waals surface area contributed by atoms with E-state index in [2.05, 4.69) is 12.2 Å². The fraction of sp³-hybridized carbons (Fsp3) is 0.150. The third kappa shape index (κ3) is 3.51. The van der Waals surface area contributed by atoms with Crippen LogP contribution in [-0.4, -0.2) is 12.5 Å². The molecule has 23 heavy (non-hydrogen) atoms. The van der Waals surface area contributed by atoms with Crippen LogP contribution in [0.5, 0.6) is 5.75 Å². The first-order valence-corrected chi connectivity index (χ1v) is 7.76. The van der Waals surface area contributed by atoms with E-state index in [1.807, 2.05) is 66.7 Å². The van der Waals surface area contributed by atoms with Crippen LogP contribution in [0.1, 0.15) is 12.5 Å². The number of nitrogens with one attached hydrogen (secondary N) is 1. The summed E-state index contributed by atoms with van der Waals surface area (Å²) < 4.78 is 5.71. The average Bonchev–Trinajstić information content (AvgIpc) is 2.60. The van der Waals surface area contributed by atoms with E-state index in [9.17, 15) is 4.79 Å². The first-order chi connectivity index (χ1) is 11.3. The Morgan fingerprint density at radius 3 is 2.57 bits per heavy atom. The number of fused-ring (bicyclic) bond motifs is 1. The third-order valence-electron chi connectivity index (χ3n) is 3.78. The lowest BCUT2D eigenvalue weighted by Crippen LogP contribution is -2.20. The molecule has 0 aliphatic carbocycles. The molecule has 116 valence electrons. The van der Waals surface area contributed by atoms with Crippen LogP contribution < -0.4 is 10.1 Å². The Labute approximate surface area is 135 Å². The molecule has 1 N–H and O–H groups in total. The van der Waals surface area contributed by atoms with Crippen molar-refractivity contribution >= 4 is 22.4 Å². The number of aryl methyl sites for hydroxylation is 1. The summed E-state index contributed by atoms with van der Waals surface area (Å²) in [5, 5.41) is 5.03. The second-order valence-electron chi connectivity index (χ2n) is 5.32. The number of benzene rings is 3. The zero-order valence-corrected chi connectivity index (χ0v) is 13.1. The molecule has 3 nitrogen and oxygen atoms in total. The van der Waals surface area contributed by atoms with E-state index in [1.165, 1.54) is 0 Å². The van der Waals surface area contributed by atoms with Gasteiger partial charge in [-0.25, -0.2) is 0 Å². The molecule has 0 aliphatic heterocycles. The van der Waals surface area contributed by atoms with Gasteiger partial charge in [0.15, 0.2) is 6.61 Å². The molecular formula is C20H19NO2. The molecule has 0 fully saturated rings. The third-order valence-corrected chi connectivity index (χ3v) is 3.78. The van der Waals surface area contributed by atoms with Crippen LogP contribution in [0.25, 0.3) is 10.8 Å². The fourth-order valence-corrected chi connectivity index (χ4v) is 2.60. The SMILES string of the molecule is CCc1ccccc1NC(=O)COc1cccc2ccccc12. The van der Waals surface area contributed by atoms with Gasteiger partial charge in [-0.15, -0.1) is 0 Å². The van der Waals surface area contributed by atoms with E-state index in [-0.39, 0.29) is 12.5 Å². The van der Waals surface area contributed by atoms with E-state index < -0.39 is 0 Å². The molecule has 0 saturated carbocycles. The molecule has 0 saturated heterocycles. The summed E-state index contributed by atoms with van der Waals surface area (Å²) in [6, 6.07) is 21.6. The van der Waals surface area contributed by atoms with Crippen molar-refractivity contribution in [3.8, 4) is 5.75 Å². The Kier molecular flexibility index (Phi) is 4.57. The summed E-state index contributed by atoms with van der Waals surface area (Å²) >= 11 is 0. The van der Waals surface area contributed by atoms with Crippen molar-refractivity contribution in [1.29, 1.82) is 0 Å². The van der Waals surface area contributed by atoms with E-state index in [4.69, 9.17) is 4.74 Å². The highest BCUT2D eigenvalue weighted by Gasteiger charge is 2.08. The second-order valence-corrected chi connectivity index (χ2v) is 5.32. The number of ether oxygens (including phenoxy) is 1. The predicted octanol–water partition coefficient (Wildman–Crippen LogP) is 4.42. The lowest BCUT2D eigenvalue weighted by Gasteiger charge is -2.11. The van der Waals surface area contributed by atoms with Gasteiger partial charge in [0.25, 0.3) is 5.91 Å². The van der Waals surface area contributed by atoms with Gasteiger partial charge < -0.3 is 10.1 Å². The minimum atomic E-state index is -0.154. The second kappa shape index (κ2) is 6.97. The Hall–Kier alpha value is -2.81. The minimum absolute atomic E-state index is 0.00788. The maximum atomic E-state index is 12.2. The highest BCUT2D eigenvalue weighted by atomic mass is 16.5. The molecule has 0 heterocycles. The van der Waals surface area contributed by atoms with E-state index in [0.29, 0.717) is 0 Å². The minimum Gasteiger partial charge on any atom is -0.483 e. The molecule has 3 aromatic carbocycles. The molecule has 0 bridgehead atoms. The number of anilines is 1. The lowest BCUT2D eigenvalue weighted by molar-refractivity contribution is -0.118. The van der Waals surface area contributed by atoms with Crippen LogP contribution in [0.3, 0.4) is 0 Å². The molecule has 3 heteroatoms. The van der Waals surface area contributed by atoms with Crippen molar-refractivity contribution in [2.45, 2.75) is 13.3 Å². The van der Waals surface area contributed by atoms with Gasteiger partial charge >= 0.3 is 0 Å². The van der Waals surface area contributed by atoms with E-state index in [0.717, 1.165) is 34.2 Å². The lowest BCUT2D eigenvalue weighted by atomic mass is 10.1. The standard InChI is InChI=1S/C20H19NO2/c1-2-15-8-4-6-12-18(15)21-20(22)14-23-19-13-7-10-16-9-3-5-11-17(16)19/h3-13H,2,14H2,1H3,(H,21,22). The first-order valence-electron chi connectivity index (χ1n) is 7.76. The molecule has 1 amide bonds. The molecule has 3 rings (SSSR count). The van der Waals surface area contributed by atoms with Gasteiger partial charge in [-0.1, -0.05) is 61.5 Å². The van der Waals surface area contributed by atoms with Gasteiger partial charge in [-0.05, 0) is 29.5 Å². The summed E-state index contributed by atoms with van der Waals surface area (Å²) in [6.45, 7) is 2.06. The molecular weight excluding hydrogens is 286 g/mol. The van der Waals surface area contributed by atoms with Crippen LogP contribution in [0.4, 0.5) is 5.69 Å². The summed E-state index contributed by atoms with van der Waals surface area (Å²) in [6.07, 6.45) is 0.876. The van der Waals surface area contributed by atoms with Crippen LogP contribution in [-0.2, 0) is 11.2 Å². The topological polar surface area (TPSA) is 38.3 Å². The highest BCUT2D eigenvalue weighted by molar-refractivity contribution is 5.93. The monoisotopic (exact) mass is 305 g/mol. The van der Waals surface area contributed by atoms with Gasteiger partial charge in [-0.3, -0.25) is 4.79 Å². The number of para-hydroxylation sites is 1. The Morgan fingerprint density at radius 2 is 1.70 bits per heavy atom. The zero-order valence-electron chi connectivity index (χ0n) is 13.1. The zero-order chi connectivity index (χ0) is 16.1. The molecule has 3 aromatic rings. The van der Waals surface area contributed by atoms with Crippen molar-refractivity contribution in [1.82, 2.24) is 0 Å². The van der Waals surface area contributed by atoms with Crippen LogP contribution >= 0.6 is 0 Å². The summed E-state index contributed by atoms with van der Waals surface area (Å²) in [5.41, 5.74) is 1.97. The number of hydrogen-bond donors (Lipinski definition) is 1. The normalized spacial score (nSPS) is 10.5.